The van der Waals surface area contributed by atoms with Gasteiger partial charge in [-0.3, -0.25) is 4.98 Å². The van der Waals surface area contributed by atoms with Crippen LogP contribution in [0.5, 0.6) is 0 Å². The summed E-state index contributed by atoms with van der Waals surface area (Å²) in [5.41, 5.74) is 7.33. The van der Waals surface area contributed by atoms with Gasteiger partial charge in [0.05, 0.1) is 0 Å². The van der Waals surface area contributed by atoms with Crippen molar-refractivity contribution in [3.63, 3.8) is 0 Å². The Morgan fingerprint density at radius 3 is 2.74 bits per heavy atom. The van der Waals surface area contributed by atoms with E-state index >= 15 is 0 Å². The number of aromatic nitrogens is 1. The molecule has 0 bridgehead atoms. The number of thioether (sulfide) groups is 1. The number of hydrogen-bond acceptors (Lipinski definition) is 3. The predicted octanol–water partition coefficient (Wildman–Crippen LogP) is 4.27. The minimum atomic E-state index is 0.125. The third-order valence-corrected chi connectivity index (χ3v) is 4.63. The number of rotatable bonds is 5. The predicted molar refractivity (Wildman–Crippen MR) is 88.5 cm³/mol. The van der Waals surface area contributed by atoms with Crippen molar-refractivity contribution in [2.75, 3.05) is 5.75 Å². The Morgan fingerprint density at radius 2 is 2.00 bits per heavy atom. The lowest BCUT2D eigenvalue weighted by atomic mass is 10.1. The van der Waals surface area contributed by atoms with Crippen LogP contribution in [0, 0.1) is 0 Å². The first kappa shape index (κ1) is 15.0. The molecule has 19 heavy (non-hydrogen) atoms. The zero-order valence-electron chi connectivity index (χ0n) is 10.2. The highest BCUT2D eigenvalue weighted by Crippen LogP contribution is 2.23. The van der Waals surface area contributed by atoms with E-state index < -0.39 is 0 Å². The monoisotopic (exact) mass is 400 g/mol. The number of halogens is 2. The van der Waals surface area contributed by atoms with Crippen molar-refractivity contribution in [1.29, 1.82) is 0 Å². The first-order valence-electron chi connectivity index (χ1n) is 5.87. The van der Waals surface area contributed by atoms with Crippen LogP contribution in [-0.4, -0.2) is 16.8 Å². The molecule has 2 N–H and O–H groups in total. The smallest absolute Gasteiger partial charge is 0.0410 e. The maximum atomic E-state index is 6.17. The summed E-state index contributed by atoms with van der Waals surface area (Å²) in [6.45, 7) is 0. The minimum Gasteiger partial charge on any atom is -0.327 e. The normalized spacial score (nSPS) is 12.4. The second kappa shape index (κ2) is 7.43. The van der Waals surface area contributed by atoms with E-state index in [4.69, 9.17) is 5.73 Å². The first-order chi connectivity index (χ1) is 9.13. The standard InChI is InChI=1S/C14H14Br2N2S/c15-11-2-1-3-14(6-11)19-9-13(17)5-10-4-12(16)8-18-7-10/h1-4,6-8,13H,5,9,17H2. The highest BCUT2D eigenvalue weighted by molar-refractivity contribution is 9.10. The molecule has 1 aromatic heterocycles. The van der Waals surface area contributed by atoms with Gasteiger partial charge in [0.1, 0.15) is 0 Å². The number of benzene rings is 1. The molecule has 0 saturated carbocycles. The summed E-state index contributed by atoms with van der Waals surface area (Å²) < 4.78 is 2.10. The molecule has 5 heteroatoms. The SMILES string of the molecule is NC(CSc1cccc(Br)c1)Cc1cncc(Br)c1. The summed E-state index contributed by atoms with van der Waals surface area (Å²) in [7, 11) is 0. The fourth-order valence-electron chi connectivity index (χ4n) is 1.69. The molecule has 0 aliphatic rings. The summed E-state index contributed by atoms with van der Waals surface area (Å²) in [6, 6.07) is 10.5. The second-order valence-electron chi connectivity index (χ2n) is 4.24. The van der Waals surface area contributed by atoms with Gasteiger partial charge < -0.3 is 5.73 Å². The van der Waals surface area contributed by atoms with Crippen molar-refractivity contribution in [3.05, 3.63) is 57.2 Å². The molecule has 1 unspecified atom stereocenters. The average molecular weight is 402 g/mol. The quantitative estimate of drug-likeness (QED) is 0.760. The maximum absolute atomic E-state index is 6.17. The molecule has 0 aliphatic heterocycles. The Kier molecular flexibility index (Phi) is 5.88. The van der Waals surface area contributed by atoms with Crippen LogP contribution in [0.2, 0.25) is 0 Å². The molecule has 2 nitrogen and oxygen atoms in total. The highest BCUT2D eigenvalue weighted by atomic mass is 79.9. The third-order valence-electron chi connectivity index (χ3n) is 2.52. The summed E-state index contributed by atoms with van der Waals surface area (Å²) >= 11 is 8.67. The van der Waals surface area contributed by atoms with E-state index in [1.54, 1.807) is 18.0 Å². The van der Waals surface area contributed by atoms with Crippen molar-refractivity contribution < 1.29 is 0 Å². The zero-order chi connectivity index (χ0) is 13.7. The average Bonchev–Trinajstić information content (AvgIpc) is 2.36. The Labute approximate surface area is 134 Å². The molecule has 0 saturated heterocycles. The summed E-state index contributed by atoms with van der Waals surface area (Å²) in [6.07, 6.45) is 4.49. The van der Waals surface area contributed by atoms with Crippen molar-refractivity contribution in [2.45, 2.75) is 17.4 Å². The highest BCUT2D eigenvalue weighted by Gasteiger charge is 2.06. The van der Waals surface area contributed by atoms with E-state index in [1.165, 1.54) is 4.90 Å². The molecule has 0 radical (unpaired) electrons. The van der Waals surface area contributed by atoms with Gasteiger partial charge in [-0.05, 0) is 52.2 Å². The number of pyridine rings is 1. The molecule has 2 rings (SSSR count). The molecule has 1 aromatic carbocycles. The van der Waals surface area contributed by atoms with Gasteiger partial charge in [0.25, 0.3) is 0 Å². The topological polar surface area (TPSA) is 38.9 Å². The third kappa shape index (κ3) is 5.26. The van der Waals surface area contributed by atoms with Gasteiger partial charge >= 0.3 is 0 Å². The van der Waals surface area contributed by atoms with E-state index in [0.717, 1.165) is 26.7 Å². The fraction of sp³-hybridized carbons (Fsp3) is 0.214. The van der Waals surface area contributed by atoms with E-state index in [0.29, 0.717) is 0 Å². The van der Waals surface area contributed by atoms with Gasteiger partial charge in [0.15, 0.2) is 0 Å². The first-order valence-corrected chi connectivity index (χ1v) is 8.44. The Balaban J connectivity index is 1.86. The van der Waals surface area contributed by atoms with Gasteiger partial charge in [0, 0.05) is 38.0 Å². The lowest BCUT2D eigenvalue weighted by Crippen LogP contribution is -2.25. The molecule has 0 fully saturated rings. The molecular formula is C14H14Br2N2S. The number of nitrogens with two attached hydrogens (primary N) is 1. The number of hydrogen-bond donors (Lipinski definition) is 1. The van der Waals surface area contributed by atoms with Crippen LogP contribution in [0.15, 0.2) is 56.6 Å². The van der Waals surface area contributed by atoms with Crippen molar-refractivity contribution in [1.82, 2.24) is 4.98 Å². The van der Waals surface area contributed by atoms with Gasteiger partial charge in [0.2, 0.25) is 0 Å². The van der Waals surface area contributed by atoms with Crippen molar-refractivity contribution in [3.8, 4) is 0 Å². The molecule has 1 heterocycles. The summed E-state index contributed by atoms with van der Waals surface area (Å²) in [5.74, 6) is 0.892. The van der Waals surface area contributed by atoms with Gasteiger partial charge in [-0.25, -0.2) is 0 Å². The van der Waals surface area contributed by atoms with Crippen LogP contribution in [0.3, 0.4) is 0 Å². The molecule has 1 atom stereocenters. The fourth-order valence-corrected chi connectivity index (χ4v) is 3.56. The van der Waals surface area contributed by atoms with Crippen LogP contribution >= 0.6 is 43.6 Å². The Hall–Kier alpha value is -0.360. The van der Waals surface area contributed by atoms with Crippen LogP contribution in [0.25, 0.3) is 0 Å². The van der Waals surface area contributed by atoms with Crippen LogP contribution in [0.1, 0.15) is 5.56 Å². The molecular weight excluding hydrogens is 388 g/mol. The van der Waals surface area contributed by atoms with Gasteiger partial charge in [-0.15, -0.1) is 11.8 Å². The zero-order valence-corrected chi connectivity index (χ0v) is 14.2. The van der Waals surface area contributed by atoms with Gasteiger partial charge in [-0.1, -0.05) is 22.0 Å². The van der Waals surface area contributed by atoms with E-state index in [9.17, 15) is 0 Å². The number of nitrogens with zero attached hydrogens (tertiary/aromatic N) is 1. The second-order valence-corrected chi connectivity index (χ2v) is 7.17. The van der Waals surface area contributed by atoms with Crippen molar-refractivity contribution >= 4 is 43.6 Å². The van der Waals surface area contributed by atoms with Gasteiger partial charge in [-0.2, -0.15) is 0 Å². The molecule has 0 aliphatic carbocycles. The van der Waals surface area contributed by atoms with Crippen molar-refractivity contribution in [2.24, 2.45) is 5.73 Å². The maximum Gasteiger partial charge on any atom is 0.0410 e. The lowest BCUT2D eigenvalue weighted by molar-refractivity contribution is 0.745. The molecule has 0 spiro atoms. The summed E-state index contributed by atoms with van der Waals surface area (Å²) in [4.78, 5) is 5.39. The van der Waals surface area contributed by atoms with Crippen LogP contribution in [0.4, 0.5) is 0 Å². The van der Waals surface area contributed by atoms with Crippen LogP contribution in [-0.2, 0) is 6.42 Å². The Morgan fingerprint density at radius 1 is 1.16 bits per heavy atom. The Bertz CT molecular complexity index is 548. The van der Waals surface area contributed by atoms with E-state index in [2.05, 4.69) is 55.0 Å². The van der Waals surface area contributed by atoms with E-state index in [-0.39, 0.29) is 6.04 Å². The van der Waals surface area contributed by atoms with E-state index in [1.807, 2.05) is 18.3 Å². The molecule has 2 aromatic rings. The molecule has 100 valence electrons. The lowest BCUT2D eigenvalue weighted by Gasteiger charge is -2.11. The summed E-state index contributed by atoms with van der Waals surface area (Å²) in [5, 5.41) is 0. The van der Waals surface area contributed by atoms with Crippen LogP contribution < -0.4 is 5.73 Å². The molecule has 0 amide bonds. The minimum absolute atomic E-state index is 0.125. The largest absolute Gasteiger partial charge is 0.327 e.